The second-order valence-corrected chi connectivity index (χ2v) is 3.73. The van der Waals surface area contributed by atoms with Gasteiger partial charge in [-0.2, -0.15) is 0 Å². The summed E-state index contributed by atoms with van der Waals surface area (Å²) in [4.78, 5) is 14.3. The molecule has 0 spiro atoms. The highest BCUT2D eigenvalue weighted by atomic mass is 16.6. The Balaban J connectivity index is 0.00000128. The SMILES string of the molecule is C.CC.Cc1ncc([N+](=O)[O-])n1CCOc1ccccc1. The van der Waals surface area contributed by atoms with Gasteiger partial charge in [0.25, 0.3) is 0 Å². The maximum absolute atomic E-state index is 10.8. The standard InChI is InChI=1S/C12H13N3O3.C2H6.CH4/c1-10-13-9-12(15(16)17)14(10)7-8-18-11-5-3-2-4-6-11;1-2;/h2-6,9H,7-8H2,1H3;1-2H3;1H4. The van der Waals surface area contributed by atoms with Gasteiger partial charge in [-0.1, -0.05) is 39.5 Å². The summed E-state index contributed by atoms with van der Waals surface area (Å²) in [5.41, 5.74) is 0. The van der Waals surface area contributed by atoms with Crippen LogP contribution in [0.4, 0.5) is 5.82 Å². The molecule has 0 bridgehead atoms. The smallest absolute Gasteiger partial charge is 0.342 e. The Kier molecular flexibility index (Phi) is 8.45. The Morgan fingerprint density at radius 2 is 1.90 bits per heavy atom. The molecule has 0 saturated carbocycles. The first kappa shape index (κ1) is 18.6. The number of para-hydroxylation sites is 1. The molecule has 6 heteroatoms. The van der Waals surface area contributed by atoms with Crippen molar-refractivity contribution in [2.75, 3.05) is 6.61 Å². The Labute approximate surface area is 125 Å². The van der Waals surface area contributed by atoms with Gasteiger partial charge in [-0.3, -0.25) is 0 Å². The van der Waals surface area contributed by atoms with Crippen LogP contribution < -0.4 is 4.74 Å². The Bertz CT molecular complexity index is 538. The number of benzene rings is 1. The fourth-order valence-corrected chi connectivity index (χ4v) is 1.65. The van der Waals surface area contributed by atoms with Gasteiger partial charge < -0.3 is 14.9 Å². The average molecular weight is 293 g/mol. The molecule has 0 radical (unpaired) electrons. The van der Waals surface area contributed by atoms with Gasteiger partial charge in [0.2, 0.25) is 0 Å². The summed E-state index contributed by atoms with van der Waals surface area (Å²) in [6, 6.07) is 9.34. The monoisotopic (exact) mass is 293 g/mol. The largest absolute Gasteiger partial charge is 0.489 e. The van der Waals surface area contributed by atoms with E-state index >= 15 is 0 Å². The highest BCUT2D eigenvalue weighted by Crippen LogP contribution is 2.14. The molecule has 6 nitrogen and oxygen atoms in total. The number of hydrogen-bond acceptors (Lipinski definition) is 4. The summed E-state index contributed by atoms with van der Waals surface area (Å²) < 4.78 is 7.03. The second kappa shape index (κ2) is 9.52. The number of nitro groups is 1. The lowest BCUT2D eigenvalue weighted by molar-refractivity contribution is -0.392. The highest BCUT2D eigenvalue weighted by molar-refractivity contribution is 5.21. The van der Waals surface area contributed by atoms with E-state index in [9.17, 15) is 10.1 Å². The normalized spacial score (nSPS) is 9.10. The fraction of sp³-hybridized carbons (Fsp3) is 0.400. The van der Waals surface area contributed by atoms with Gasteiger partial charge >= 0.3 is 5.82 Å². The van der Waals surface area contributed by atoms with E-state index < -0.39 is 4.92 Å². The van der Waals surface area contributed by atoms with Crippen LogP contribution >= 0.6 is 0 Å². The molecule has 0 aliphatic rings. The summed E-state index contributed by atoms with van der Waals surface area (Å²) in [5.74, 6) is 1.35. The number of aromatic nitrogens is 2. The summed E-state index contributed by atoms with van der Waals surface area (Å²) in [7, 11) is 0. The molecular weight excluding hydrogens is 270 g/mol. The van der Waals surface area contributed by atoms with Crippen molar-refractivity contribution in [2.24, 2.45) is 0 Å². The first-order valence-corrected chi connectivity index (χ1v) is 6.53. The summed E-state index contributed by atoms with van der Waals surface area (Å²) in [5, 5.41) is 10.8. The third-order valence-electron chi connectivity index (χ3n) is 2.55. The van der Waals surface area contributed by atoms with Gasteiger partial charge in [0.05, 0.1) is 0 Å². The van der Waals surface area contributed by atoms with Gasteiger partial charge in [-0.25, -0.2) is 9.55 Å². The predicted molar refractivity (Wildman–Crippen MR) is 83.6 cm³/mol. The van der Waals surface area contributed by atoms with Gasteiger partial charge in [0, 0.05) is 6.92 Å². The van der Waals surface area contributed by atoms with Gasteiger partial charge in [0.1, 0.15) is 25.1 Å². The molecule has 1 aromatic carbocycles. The van der Waals surface area contributed by atoms with Gasteiger partial charge in [-0.05, 0) is 17.1 Å². The zero-order valence-electron chi connectivity index (χ0n) is 11.9. The van der Waals surface area contributed by atoms with E-state index in [4.69, 9.17) is 4.74 Å². The lowest BCUT2D eigenvalue weighted by Crippen LogP contribution is -2.11. The first-order valence-electron chi connectivity index (χ1n) is 6.53. The van der Waals surface area contributed by atoms with Crippen molar-refractivity contribution in [1.82, 2.24) is 9.55 Å². The molecule has 0 amide bonds. The summed E-state index contributed by atoms with van der Waals surface area (Å²) in [6.07, 6.45) is 1.26. The minimum atomic E-state index is -0.442. The van der Waals surface area contributed by atoms with E-state index in [1.807, 2.05) is 44.2 Å². The first-order chi connectivity index (χ1) is 9.68. The van der Waals surface area contributed by atoms with Crippen LogP contribution in [0.2, 0.25) is 0 Å². The predicted octanol–water partition coefficient (Wildman–Crippen LogP) is 3.84. The maximum Gasteiger partial charge on any atom is 0.342 e. The van der Waals surface area contributed by atoms with E-state index in [1.165, 1.54) is 10.8 Å². The minimum absolute atomic E-state index is 0. The van der Waals surface area contributed by atoms with Crippen molar-refractivity contribution in [1.29, 1.82) is 0 Å². The van der Waals surface area contributed by atoms with Crippen molar-refractivity contribution < 1.29 is 9.66 Å². The summed E-state index contributed by atoms with van der Waals surface area (Å²) in [6.45, 7) is 6.49. The van der Waals surface area contributed by atoms with Crippen molar-refractivity contribution in [2.45, 2.75) is 34.7 Å². The van der Waals surface area contributed by atoms with Crippen LogP contribution in [0, 0.1) is 17.0 Å². The molecule has 0 fully saturated rings. The van der Waals surface area contributed by atoms with Crippen molar-refractivity contribution >= 4 is 5.82 Å². The van der Waals surface area contributed by atoms with E-state index in [0.29, 0.717) is 19.0 Å². The molecule has 0 aliphatic carbocycles. The number of imidazole rings is 1. The molecular formula is C15H23N3O3. The third kappa shape index (κ3) is 5.25. The zero-order chi connectivity index (χ0) is 15.0. The molecule has 0 saturated heterocycles. The molecule has 1 aromatic heterocycles. The van der Waals surface area contributed by atoms with Crippen LogP contribution in [-0.2, 0) is 6.54 Å². The maximum atomic E-state index is 10.8. The molecule has 2 aromatic rings. The van der Waals surface area contributed by atoms with E-state index in [2.05, 4.69) is 4.98 Å². The van der Waals surface area contributed by atoms with Crippen molar-refractivity contribution in [3.05, 3.63) is 52.5 Å². The van der Waals surface area contributed by atoms with Gasteiger partial charge in [-0.15, -0.1) is 0 Å². The quantitative estimate of drug-likeness (QED) is 0.620. The molecule has 0 unspecified atom stereocenters. The van der Waals surface area contributed by atoms with E-state index in [0.717, 1.165) is 5.75 Å². The highest BCUT2D eigenvalue weighted by Gasteiger charge is 2.16. The zero-order valence-corrected chi connectivity index (χ0v) is 11.9. The van der Waals surface area contributed by atoms with Crippen LogP contribution in [0.3, 0.4) is 0 Å². The average Bonchev–Trinajstić information content (AvgIpc) is 2.84. The number of nitrogens with zero attached hydrogens (tertiary/aromatic N) is 3. The lowest BCUT2D eigenvalue weighted by atomic mass is 10.3. The molecule has 0 N–H and O–H groups in total. The summed E-state index contributed by atoms with van der Waals surface area (Å²) >= 11 is 0. The second-order valence-electron chi connectivity index (χ2n) is 3.73. The molecule has 0 atom stereocenters. The lowest BCUT2D eigenvalue weighted by Gasteiger charge is -2.06. The Morgan fingerprint density at radius 1 is 1.29 bits per heavy atom. The number of hydrogen-bond donors (Lipinski definition) is 0. The van der Waals surface area contributed by atoms with Crippen LogP contribution in [0.15, 0.2) is 36.5 Å². The number of ether oxygens (including phenoxy) is 1. The Morgan fingerprint density at radius 3 is 2.48 bits per heavy atom. The van der Waals surface area contributed by atoms with E-state index in [-0.39, 0.29) is 13.2 Å². The molecule has 1 heterocycles. The minimum Gasteiger partial charge on any atom is -0.489 e. The van der Waals surface area contributed by atoms with Crippen LogP contribution in [-0.4, -0.2) is 21.1 Å². The Hall–Kier alpha value is -2.37. The van der Waals surface area contributed by atoms with Crippen LogP contribution in [0.25, 0.3) is 0 Å². The molecule has 21 heavy (non-hydrogen) atoms. The van der Waals surface area contributed by atoms with Crippen LogP contribution in [0.1, 0.15) is 27.1 Å². The van der Waals surface area contributed by atoms with Gasteiger partial charge in [0.15, 0.2) is 5.82 Å². The fourth-order valence-electron chi connectivity index (χ4n) is 1.65. The number of rotatable bonds is 5. The third-order valence-corrected chi connectivity index (χ3v) is 2.55. The number of aryl methyl sites for hydroxylation is 1. The van der Waals surface area contributed by atoms with Crippen molar-refractivity contribution in [3.8, 4) is 5.75 Å². The van der Waals surface area contributed by atoms with E-state index in [1.54, 1.807) is 6.92 Å². The molecule has 2 rings (SSSR count). The topological polar surface area (TPSA) is 70.2 Å². The van der Waals surface area contributed by atoms with Crippen LogP contribution in [0.5, 0.6) is 5.75 Å². The molecule has 116 valence electrons. The molecule has 0 aliphatic heterocycles. The van der Waals surface area contributed by atoms with Crippen molar-refractivity contribution in [3.63, 3.8) is 0 Å².